The summed E-state index contributed by atoms with van der Waals surface area (Å²) in [7, 11) is 0. The Morgan fingerprint density at radius 3 is 2.67 bits per heavy atom. The summed E-state index contributed by atoms with van der Waals surface area (Å²) < 4.78 is 5.45. The van der Waals surface area contributed by atoms with E-state index in [-0.39, 0.29) is 0 Å². The number of hydrogen-bond donors (Lipinski definition) is 2. The number of aromatic amines is 1. The lowest BCUT2D eigenvalue weighted by atomic mass is 10.1. The molecule has 1 saturated heterocycles. The molecule has 2 heterocycles. The van der Waals surface area contributed by atoms with Gasteiger partial charge in [0.25, 0.3) is 0 Å². The highest BCUT2D eigenvalue weighted by molar-refractivity contribution is 5.89. The third-order valence-corrected chi connectivity index (χ3v) is 4.84. The maximum absolute atomic E-state index is 5.45. The van der Waals surface area contributed by atoms with Crippen LogP contribution in [0.3, 0.4) is 0 Å². The van der Waals surface area contributed by atoms with E-state index in [0.29, 0.717) is 6.04 Å². The van der Waals surface area contributed by atoms with Crippen molar-refractivity contribution in [1.29, 1.82) is 0 Å². The van der Waals surface area contributed by atoms with Crippen LogP contribution >= 0.6 is 0 Å². The maximum Gasteiger partial charge on any atom is 0.0504 e. The monoisotopic (exact) mass is 320 g/mol. The lowest BCUT2D eigenvalue weighted by molar-refractivity contribution is 0.0776. The minimum atomic E-state index is 0.567. The first kappa shape index (κ1) is 15.4. The molecule has 124 valence electrons. The molecule has 1 aliphatic rings. The van der Waals surface area contributed by atoms with Crippen molar-refractivity contribution in [3.05, 3.63) is 59.7 Å². The molecule has 3 heteroatoms. The second-order valence-corrected chi connectivity index (χ2v) is 6.70. The molecule has 1 aliphatic heterocycles. The van der Waals surface area contributed by atoms with Gasteiger partial charge in [0.1, 0.15) is 0 Å². The normalized spacial score (nSPS) is 15.9. The van der Waals surface area contributed by atoms with Crippen molar-refractivity contribution in [3.63, 3.8) is 0 Å². The number of ether oxygens (including phenoxy) is 1. The molecule has 0 spiro atoms. The van der Waals surface area contributed by atoms with Crippen LogP contribution in [-0.2, 0) is 11.3 Å². The number of aromatic nitrogens is 1. The number of H-pyrrole nitrogens is 1. The van der Waals surface area contributed by atoms with Gasteiger partial charge in [-0.15, -0.1) is 0 Å². The van der Waals surface area contributed by atoms with Crippen molar-refractivity contribution in [3.8, 4) is 11.3 Å². The van der Waals surface area contributed by atoms with Crippen molar-refractivity contribution < 1.29 is 4.74 Å². The van der Waals surface area contributed by atoms with Crippen LogP contribution in [0.15, 0.2) is 48.5 Å². The van der Waals surface area contributed by atoms with Gasteiger partial charge in [0.15, 0.2) is 0 Å². The van der Waals surface area contributed by atoms with Crippen LogP contribution in [0.1, 0.15) is 24.0 Å². The first-order valence-electron chi connectivity index (χ1n) is 8.78. The van der Waals surface area contributed by atoms with Crippen LogP contribution in [-0.4, -0.2) is 24.2 Å². The number of rotatable bonds is 4. The summed E-state index contributed by atoms with van der Waals surface area (Å²) in [4.78, 5) is 3.63. The minimum absolute atomic E-state index is 0.567. The topological polar surface area (TPSA) is 37.0 Å². The average Bonchev–Trinajstić information content (AvgIpc) is 3.05. The summed E-state index contributed by atoms with van der Waals surface area (Å²) in [6.07, 6.45) is 2.21. The third-order valence-electron chi connectivity index (χ3n) is 4.84. The summed E-state index contributed by atoms with van der Waals surface area (Å²) in [6.45, 7) is 4.83. The molecular formula is C21H24N2O. The summed E-state index contributed by atoms with van der Waals surface area (Å²) in [5.41, 5.74) is 6.32. The van der Waals surface area contributed by atoms with Crippen molar-refractivity contribution >= 4 is 10.9 Å². The Morgan fingerprint density at radius 2 is 1.88 bits per heavy atom. The molecule has 0 radical (unpaired) electrons. The van der Waals surface area contributed by atoms with Gasteiger partial charge in [0.05, 0.1) is 5.52 Å². The molecule has 2 aromatic carbocycles. The van der Waals surface area contributed by atoms with Gasteiger partial charge < -0.3 is 15.0 Å². The summed E-state index contributed by atoms with van der Waals surface area (Å²) in [6, 6.07) is 17.9. The molecule has 0 aliphatic carbocycles. The van der Waals surface area contributed by atoms with Crippen molar-refractivity contribution in [2.45, 2.75) is 32.4 Å². The van der Waals surface area contributed by atoms with Crippen molar-refractivity contribution in [2.24, 2.45) is 0 Å². The van der Waals surface area contributed by atoms with Crippen LogP contribution in [0, 0.1) is 6.92 Å². The number of aryl methyl sites for hydroxylation is 1. The van der Waals surface area contributed by atoms with Gasteiger partial charge in [0, 0.05) is 36.9 Å². The van der Waals surface area contributed by atoms with E-state index in [9.17, 15) is 0 Å². The minimum Gasteiger partial charge on any atom is -0.381 e. The first-order valence-corrected chi connectivity index (χ1v) is 8.78. The number of benzene rings is 2. The second kappa shape index (κ2) is 6.80. The molecule has 4 rings (SSSR count). The van der Waals surface area contributed by atoms with E-state index in [1.807, 2.05) is 0 Å². The van der Waals surface area contributed by atoms with Gasteiger partial charge in [-0.1, -0.05) is 42.0 Å². The summed E-state index contributed by atoms with van der Waals surface area (Å²) in [5, 5.41) is 5.00. The SMILES string of the molecule is Cc1cc(CNC2CCOCC2)c2[nH]c(-c3ccccc3)cc2c1. The Hall–Kier alpha value is -2.10. The highest BCUT2D eigenvalue weighted by Crippen LogP contribution is 2.27. The molecular weight excluding hydrogens is 296 g/mol. The van der Waals surface area contributed by atoms with Gasteiger partial charge in [0.2, 0.25) is 0 Å². The van der Waals surface area contributed by atoms with E-state index in [0.717, 1.165) is 32.6 Å². The van der Waals surface area contributed by atoms with Crippen molar-refractivity contribution in [2.75, 3.05) is 13.2 Å². The van der Waals surface area contributed by atoms with Gasteiger partial charge in [-0.25, -0.2) is 0 Å². The van der Waals surface area contributed by atoms with Crippen LogP contribution in [0.5, 0.6) is 0 Å². The standard InChI is InChI=1S/C21H24N2O/c1-15-11-17-13-20(16-5-3-2-4-6-16)23-21(17)18(12-15)14-22-19-7-9-24-10-8-19/h2-6,11-13,19,22-23H,7-10,14H2,1H3. The Labute approximate surface area is 143 Å². The van der Waals surface area contributed by atoms with E-state index < -0.39 is 0 Å². The number of nitrogens with one attached hydrogen (secondary N) is 2. The zero-order chi connectivity index (χ0) is 16.4. The van der Waals surface area contributed by atoms with Crippen LogP contribution < -0.4 is 5.32 Å². The van der Waals surface area contributed by atoms with Crippen molar-refractivity contribution in [1.82, 2.24) is 10.3 Å². The fraction of sp³-hybridized carbons (Fsp3) is 0.333. The Bertz CT molecular complexity index is 816. The molecule has 0 saturated carbocycles. The molecule has 3 nitrogen and oxygen atoms in total. The molecule has 1 fully saturated rings. The van der Waals surface area contributed by atoms with Crippen LogP contribution in [0.2, 0.25) is 0 Å². The Balaban J connectivity index is 1.63. The van der Waals surface area contributed by atoms with Gasteiger partial charge in [-0.3, -0.25) is 0 Å². The van der Waals surface area contributed by atoms with E-state index in [2.05, 4.69) is 65.8 Å². The van der Waals surface area contributed by atoms with Gasteiger partial charge >= 0.3 is 0 Å². The van der Waals surface area contributed by atoms with Crippen LogP contribution in [0.4, 0.5) is 0 Å². The second-order valence-electron chi connectivity index (χ2n) is 6.70. The lowest BCUT2D eigenvalue weighted by Crippen LogP contribution is -2.34. The van der Waals surface area contributed by atoms with E-state index >= 15 is 0 Å². The smallest absolute Gasteiger partial charge is 0.0504 e. The molecule has 0 atom stereocenters. The number of hydrogen-bond acceptors (Lipinski definition) is 2. The van der Waals surface area contributed by atoms with E-state index in [4.69, 9.17) is 4.74 Å². The largest absolute Gasteiger partial charge is 0.381 e. The van der Waals surface area contributed by atoms with E-state index in [1.54, 1.807) is 0 Å². The molecule has 3 aromatic rings. The zero-order valence-electron chi connectivity index (χ0n) is 14.1. The predicted molar refractivity (Wildman–Crippen MR) is 99.2 cm³/mol. The van der Waals surface area contributed by atoms with Gasteiger partial charge in [-0.05, 0) is 43.0 Å². The Morgan fingerprint density at radius 1 is 1.08 bits per heavy atom. The molecule has 0 bridgehead atoms. The quantitative estimate of drug-likeness (QED) is 0.747. The zero-order valence-corrected chi connectivity index (χ0v) is 14.1. The molecule has 2 N–H and O–H groups in total. The Kier molecular flexibility index (Phi) is 4.37. The lowest BCUT2D eigenvalue weighted by Gasteiger charge is -2.23. The fourth-order valence-corrected chi connectivity index (χ4v) is 3.55. The molecule has 0 amide bonds. The first-order chi connectivity index (χ1) is 11.8. The maximum atomic E-state index is 5.45. The highest BCUT2D eigenvalue weighted by Gasteiger charge is 2.14. The molecule has 1 aromatic heterocycles. The molecule has 0 unspecified atom stereocenters. The highest BCUT2D eigenvalue weighted by atomic mass is 16.5. The predicted octanol–water partition coefficient (Wildman–Crippen LogP) is 4.41. The average molecular weight is 320 g/mol. The third kappa shape index (κ3) is 3.23. The fourth-order valence-electron chi connectivity index (χ4n) is 3.55. The summed E-state index contributed by atoms with van der Waals surface area (Å²) in [5.74, 6) is 0. The van der Waals surface area contributed by atoms with E-state index in [1.165, 1.54) is 33.3 Å². The van der Waals surface area contributed by atoms with Gasteiger partial charge in [-0.2, -0.15) is 0 Å². The molecule has 24 heavy (non-hydrogen) atoms. The number of fused-ring (bicyclic) bond motifs is 1. The van der Waals surface area contributed by atoms with Crippen LogP contribution in [0.25, 0.3) is 22.2 Å². The summed E-state index contributed by atoms with van der Waals surface area (Å²) >= 11 is 0.